The van der Waals surface area contributed by atoms with Crippen molar-refractivity contribution in [3.63, 3.8) is 0 Å². The Kier molecular flexibility index (Phi) is 6.38. The van der Waals surface area contributed by atoms with Gasteiger partial charge in [0.1, 0.15) is 0 Å². The van der Waals surface area contributed by atoms with Crippen molar-refractivity contribution >= 4 is 11.4 Å². The molecule has 0 aliphatic carbocycles. The highest BCUT2D eigenvalue weighted by Gasteiger charge is 2.72. The molecule has 0 fully saturated rings. The van der Waals surface area contributed by atoms with Gasteiger partial charge in [-0.3, -0.25) is 0 Å². The lowest BCUT2D eigenvalue weighted by Crippen LogP contribution is -2.54. The summed E-state index contributed by atoms with van der Waals surface area (Å²) < 4.78 is 85.4. The van der Waals surface area contributed by atoms with E-state index in [-0.39, 0.29) is 0 Å². The Morgan fingerprint density at radius 1 is 0.484 bits per heavy atom. The van der Waals surface area contributed by atoms with E-state index in [9.17, 15) is 26.3 Å². The van der Waals surface area contributed by atoms with Crippen LogP contribution in [0.5, 0.6) is 0 Å². The van der Waals surface area contributed by atoms with Crippen molar-refractivity contribution < 1.29 is 26.3 Å². The first-order valence-corrected chi connectivity index (χ1v) is 9.78. The van der Waals surface area contributed by atoms with Crippen LogP contribution >= 0.6 is 0 Å². The quantitative estimate of drug-likeness (QED) is 0.475. The molecule has 0 bridgehead atoms. The minimum absolute atomic E-state index is 0.400. The number of anilines is 2. The van der Waals surface area contributed by atoms with Gasteiger partial charge in [0, 0.05) is 22.5 Å². The third-order valence-corrected chi connectivity index (χ3v) is 4.52. The lowest BCUT2D eigenvalue weighted by molar-refractivity contribution is -0.288. The van der Waals surface area contributed by atoms with E-state index < -0.39 is 40.0 Å². The number of nitrogens with one attached hydrogen (secondary N) is 2. The van der Waals surface area contributed by atoms with Crippen LogP contribution in [0.2, 0.25) is 0 Å². The fraction of sp³-hybridized carbons (Fsp3) is 0.478. The summed E-state index contributed by atoms with van der Waals surface area (Å²) in [6.07, 6.45) is -11.2. The van der Waals surface area contributed by atoms with Gasteiger partial charge in [0.15, 0.2) is 0 Å². The number of hydrogen-bond acceptors (Lipinski definition) is 2. The van der Waals surface area contributed by atoms with E-state index in [1.807, 2.05) is 41.5 Å². The fourth-order valence-electron chi connectivity index (χ4n) is 3.46. The van der Waals surface area contributed by atoms with Gasteiger partial charge < -0.3 is 10.6 Å². The molecule has 0 saturated carbocycles. The van der Waals surface area contributed by atoms with Gasteiger partial charge in [0.25, 0.3) is 0 Å². The molecule has 0 saturated heterocycles. The second-order valence-electron chi connectivity index (χ2n) is 9.65. The van der Waals surface area contributed by atoms with E-state index >= 15 is 0 Å². The molecule has 0 atom stereocenters. The fourth-order valence-corrected chi connectivity index (χ4v) is 3.46. The van der Waals surface area contributed by atoms with Crippen LogP contribution in [0.4, 0.5) is 37.7 Å². The summed E-state index contributed by atoms with van der Waals surface area (Å²) in [4.78, 5) is 0. The molecule has 2 aromatic rings. The maximum atomic E-state index is 14.2. The molecule has 0 aromatic heterocycles. The number of alkyl halides is 6. The largest absolute Gasteiger partial charge is 0.411 e. The standard InChI is InChI=1S/C23H28F6N2/c1-19(2,3)30-17-11-7-15(8-12-17)21(22(24,25)26,23(27,28)29)16-9-13-18(14-10-16)31-20(4,5)6/h7-14,30-31H,1-6H3. The van der Waals surface area contributed by atoms with E-state index in [2.05, 4.69) is 10.6 Å². The van der Waals surface area contributed by atoms with Crippen molar-refractivity contribution in [3.05, 3.63) is 59.7 Å². The topological polar surface area (TPSA) is 24.1 Å². The van der Waals surface area contributed by atoms with E-state index in [1.165, 1.54) is 24.3 Å². The smallest absolute Gasteiger partial charge is 0.380 e. The van der Waals surface area contributed by atoms with E-state index in [0.29, 0.717) is 11.4 Å². The van der Waals surface area contributed by atoms with Crippen molar-refractivity contribution in [2.24, 2.45) is 0 Å². The summed E-state index contributed by atoms with van der Waals surface area (Å²) in [5, 5.41) is 6.07. The summed E-state index contributed by atoms with van der Waals surface area (Å²) in [5.41, 5.74) is -5.86. The van der Waals surface area contributed by atoms with Gasteiger partial charge in [0.05, 0.1) is 0 Å². The molecule has 31 heavy (non-hydrogen) atoms. The second kappa shape index (κ2) is 7.95. The minimum atomic E-state index is -5.61. The molecular weight excluding hydrogens is 418 g/mol. The summed E-state index contributed by atoms with van der Waals surface area (Å²) in [6.45, 7) is 11.0. The minimum Gasteiger partial charge on any atom is -0.380 e. The van der Waals surface area contributed by atoms with Gasteiger partial charge in [0.2, 0.25) is 5.41 Å². The molecule has 0 unspecified atom stereocenters. The normalized spacial score (nSPS) is 13.8. The predicted octanol–water partition coefficient (Wildman–Crippen LogP) is 7.52. The molecule has 0 aliphatic heterocycles. The second-order valence-corrected chi connectivity index (χ2v) is 9.65. The van der Waals surface area contributed by atoms with Crippen LogP contribution in [0.1, 0.15) is 52.7 Å². The Balaban J connectivity index is 2.66. The van der Waals surface area contributed by atoms with Crippen molar-refractivity contribution in [3.8, 4) is 0 Å². The third kappa shape index (κ3) is 5.46. The van der Waals surface area contributed by atoms with E-state index in [1.54, 1.807) is 0 Å². The summed E-state index contributed by atoms with van der Waals surface area (Å²) in [7, 11) is 0. The third-order valence-electron chi connectivity index (χ3n) is 4.52. The van der Waals surface area contributed by atoms with Gasteiger partial charge >= 0.3 is 12.4 Å². The monoisotopic (exact) mass is 446 g/mol. The van der Waals surface area contributed by atoms with Crippen molar-refractivity contribution in [1.29, 1.82) is 0 Å². The molecule has 0 heterocycles. The summed E-state index contributed by atoms with van der Waals surface area (Å²) in [6, 6.07) is 8.49. The molecule has 0 amide bonds. The van der Waals surface area contributed by atoms with Crippen molar-refractivity contribution in [1.82, 2.24) is 0 Å². The molecule has 2 nitrogen and oxygen atoms in total. The Morgan fingerprint density at radius 2 is 0.742 bits per heavy atom. The van der Waals surface area contributed by atoms with Crippen LogP contribution in [-0.4, -0.2) is 23.4 Å². The van der Waals surface area contributed by atoms with Crippen LogP contribution < -0.4 is 10.6 Å². The molecule has 2 N–H and O–H groups in total. The zero-order chi connectivity index (χ0) is 23.9. The number of hydrogen-bond donors (Lipinski definition) is 2. The highest BCUT2D eigenvalue weighted by atomic mass is 19.4. The van der Waals surface area contributed by atoms with Crippen LogP contribution in [0.3, 0.4) is 0 Å². The number of rotatable bonds is 4. The maximum absolute atomic E-state index is 14.2. The Hall–Kier alpha value is -2.38. The average molecular weight is 446 g/mol. The average Bonchev–Trinajstić information content (AvgIpc) is 2.53. The number of halogens is 6. The number of benzene rings is 2. The zero-order valence-electron chi connectivity index (χ0n) is 18.4. The molecule has 172 valence electrons. The molecule has 2 rings (SSSR count). The van der Waals surface area contributed by atoms with E-state index in [0.717, 1.165) is 24.3 Å². The molecule has 8 heteroatoms. The highest BCUT2D eigenvalue weighted by molar-refractivity contribution is 5.54. The van der Waals surface area contributed by atoms with Crippen molar-refractivity contribution in [2.45, 2.75) is 70.4 Å². The molecule has 0 radical (unpaired) electrons. The zero-order valence-corrected chi connectivity index (χ0v) is 18.4. The predicted molar refractivity (Wildman–Crippen MR) is 113 cm³/mol. The first-order valence-electron chi connectivity index (χ1n) is 9.78. The maximum Gasteiger partial charge on any atom is 0.411 e. The molecule has 0 spiro atoms. The van der Waals surface area contributed by atoms with Gasteiger partial charge in [-0.25, -0.2) is 0 Å². The van der Waals surface area contributed by atoms with Gasteiger partial charge in [-0.05, 0) is 76.9 Å². The van der Waals surface area contributed by atoms with Gasteiger partial charge in [-0.2, -0.15) is 26.3 Å². The molecule has 0 aliphatic rings. The lowest BCUT2D eigenvalue weighted by atomic mass is 9.73. The van der Waals surface area contributed by atoms with Crippen molar-refractivity contribution in [2.75, 3.05) is 10.6 Å². The first-order chi connectivity index (χ1) is 13.9. The van der Waals surface area contributed by atoms with Gasteiger partial charge in [-0.1, -0.05) is 24.3 Å². The van der Waals surface area contributed by atoms with Gasteiger partial charge in [-0.15, -0.1) is 0 Å². The molecule has 2 aromatic carbocycles. The van der Waals surface area contributed by atoms with Crippen LogP contribution in [0, 0.1) is 0 Å². The van der Waals surface area contributed by atoms with Crippen LogP contribution in [0.15, 0.2) is 48.5 Å². The Bertz CT molecular complexity index is 792. The lowest BCUT2D eigenvalue weighted by Gasteiger charge is -2.38. The summed E-state index contributed by atoms with van der Waals surface area (Å²) >= 11 is 0. The van der Waals surface area contributed by atoms with Crippen LogP contribution in [-0.2, 0) is 5.41 Å². The summed E-state index contributed by atoms with van der Waals surface area (Å²) in [5.74, 6) is 0. The van der Waals surface area contributed by atoms with E-state index in [4.69, 9.17) is 0 Å². The molecular formula is C23H28F6N2. The SMILES string of the molecule is CC(C)(C)Nc1ccc(C(c2ccc(NC(C)(C)C)cc2)(C(F)(F)F)C(F)(F)F)cc1. The van der Waals surface area contributed by atoms with Crippen LogP contribution in [0.25, 0.3) is 0 Å². The highest BCUT2D eigenvalue weighted by Crippen LogP contribution is 2.56. The Morgan fingerprint density at radius 3 is 0.935 bits per heavy atom. The Labute approximate surface area is 179 Å². The first kappa shape index (κ1) is 24.9.